The summed E-state index contributed by atoms with van der Waals surface area (Å²) < 4.78 is 12.2. The fraction of sp³-hybridized carbons (Fsp3) is 0.533. The Morgan fingerprint density at radius 1 is 1.41 bits per heavy atom. The Morgan fingerprint density at radius 3 is 2.59 bits per heavy atom. The first-order valence-electron chi connectivity index (χ1n) is 6.09. The van der Waals surface area contributed by atoms with Gasteiger partial charge in [0.25, 0.3) is 0 Å². The van der Waals surface area contributed by atoms with Crippen LogP contribution in [0.3, 0.4) is 0 Å². The van der Waals surface area contributed by atoms with Gasteiger partial charge in [0, 0.05) is 6.08 Å². The lowest BCUT2D eigenvalue weighted by Gasteiger charge is -2.32. The normalized spacial score (nSPS) is 21.1. The quantitative estimate of drug-likeness (QED) is 0.400. The van der Waals surface area contributed by atoms with Crippen molar-refractivity contribution in [1.29, 1.82) is 0 Å². The van der Waals surface area contributed by atoms with E-state index in [1.807, 2.05) is 12.2 Å². The van der Waals surface area contributed by atoms with Crippen molar-refractivity contribution in [3.63, 3.8) is 0 Å². The maximum Gasteiger partial charge on any atom is 0.325 e. The predicted octanol–water partition coefficient (Wildman–Crippen LogP) is 4.51. The molecule has 0 N–H and O–H groups in total. The molecule has 0 saturated heterocycles. The Labute approximate surface area is 103 Å². The minimum atomic E-state index is -1.39. The summed E-state index contributed by atoms with van der Waals surface area (Å²) in [5.74, 6) is 0. The summed E-state index contributed by atoms with van der Waals surface area (Å²) in [6, 6.07) is -1.39. The number of allylic oxidation sites excluding steroid dienone is 6. The molecule has 1 rings (SSSR count). The van der Waals surface area contributed by atoms with Gasteiger partial charge in [0.05, 0.1) is 0 Å². The molecule has 0 aromatic carbocycles. The van der Waals surface area contributed by atoms with Crippen LogP contribution in [0.2, 0.25) is 0 Å². The Balaban J connectivity index is 2.93. The molecule has 0 fully saturated rings. The highest BCUT2D eigenvalue weighted by Crippen LogP contribution is 2.40. The molecule has 0 aliphatic heterocycles. The molecule has 0 saturated carbocycles. The van der Waals surface area contributed by atoms with Crippen molar-refractivity contribution in [2.75, 3.05) is 0 Å². The summed E-state index contributed by atoms with van der Waals surface area (Å²) in [5, 5.41) is 0. The van der Waals surface area contributed by atoms with Gasteiger partial charge >= 0.3 is 6.04 Å². The fourth-order valence-corrected chi connectivity index (χ4v) is 2.45. The molecule has 0 radical (unpaired) electrons. The van der Waals surface area contributed by atoms with E-state index in [0.717, 1.165) is 12.5 Å². The Hall–Kier alpha value is -1.18. The summed E-state index contributed by atoms with van der Waals surface area (Å²) in [4.78, 5) is 10.3. The van der Waals surface area contributed by atoms with Crippen molar-refractivity contribution >= 4 is 6.04 Å². The molecule has 0 unspecified atom stereocenters. The van der Waals surface area contributed by atoms with E-state index in [0.29, 0.717) is 5.57 Å². The number of carbonyl (C=O) groups excluding carboxylic acids is 1. The Bertz CT molecular complexity index is 397. The third-order valence-electron chi connectivity index (χ3n) is 3.40. The molecule has 94 valence electrons. The highest BCUT2D eigenvalue weighted by Gasteiger charge is 2.26. The third-order valence-corrected chi connectivity index (χ3v) is 3.40. The molecule has 0 aromatic rings. The van der Waals surface area contributed by atoms with E-state index < -0.39 is 6.04 Å². The highest BCUT2D eigenvalue weighted by atomic mass is 19.1. The summed E-state index contributed by atoms with van der Waals surface area (Å²) >= 11 is 0. The molecule has 0 heterocycles. The van der Waals surface area contributed by atoms with E-state index in [-0.39, 0.29) is 5.41 Å². The number of rotatable bonds is 3. The molecule has 0 amide bonds. The van der Waals surface area contributed by atoms with Crippen molar-refractivity contribution in [3.8, 4) is 0 Å². The lowest BCUT2D eigenvalue weighted by atomic mass is 9.72. The predicted molar refractivity (Wildman–Crippen MR) is 69.3 cm³/mol. The first-order valence-corrected chi connectivity index (χ1v) is 6.09. The van der Waals surface area contributed by atoms with Crippen LogP contribution in [-0.2, 0) is 4.79 Å². The van der Waals surface area contributed by atoms with Crippen LogP contribution < -0.4 is 0 Å². The highest BCUT2D eigenvalue weighted by molar-refractivity contribution is 5.82. The summed E-state index contributed by atoms with van der Waals surface area (Å²) in [6.07, 6.45) is 8.41. The molecule has 1 aliphatic carbocycles. The monoisotopic (exact) mass is 236 g/mol. The zero-order valence-corrected chi connectivity index (χ0v) is 11.1. The zero-order valence-electron chi connectivity index (χ0n) is 11.1. The second-order valence-electron chi connectivity index (χ2n) is 5.46. The van der Waals surface area contributed by atoms with Crippen molar-refractivity contribution in [2.24, 2.45) is 5.41 Å². The molecular weight excluding hydrogens is 215 g/mol. The topological polar surface area (TPSA) is 17.1 Å². The van der Waals surface area contributed by atoms with E-state index >= 15 is 0 Å². The van der Waals surface area contributed by atoms with E-state index in [2.05, 4.69) is 20.8 Å². The third kappa shape index (κ3) is 3.95. The van der Waals surface area contributed by atoms with Gasteiger partial charge in [0.2, 0.25) is 0 Å². The van der Waals surface area contributed by atoms with Crippen LogP contribution in [0, 0.1) is 5.41 Å². The van der Waals surface area contributed by atoms with Gasteiger partial charge in [0.1, 0.15) is 0 Å². The second kappa shape index (κ2) is 5.44. The van der Waals surface area contributed by atoms with Gasteiger partial charge in [-0.1, -0.05) is 31.6 Å². The SMILES string of the molecule is CC1=C(/C=C/C(C)=C/C(=O)F)C(C)(C)CCC1. The lowest BCUT2D eigenvalue weighted by Crippen LogP contribution is -2.19. The Kier molecular flexibility index (Phi) is 4.44. The second-order valence-corrected chi connectivity index (χ2v) is 5.46. The summed E-state index contributed by atoms with van der Waals surface area (Å²) in [7, 11) is 0. The molecule has 0 bridgehead atoms. The van der Waals surface area contributed by atoms with Gasteiger partial charge in [-0.25, -0.2) is 0 Å². The van der Waals surface area contributed by atoms with Crippen LogP contribution >= 0.6 is 0 Å². The van der Waals surface area contributed by atoms with Crippen molar-refractivity contribution in [1.82, 2.24) is 0 Å². The van der Waals surface area contributed by atoms with E-state index in [9.17, 15) is 9.18 Å². The number of hydrogen-bond acceptors (Lipinski definition) is 1. The van der Waals surface area contributed by atoms with Crippen LogP contribution in [0.4, 0.5) is 4.39 Å². The molecule has 17 heavy (non-hydrogen) atoms. The molecule has 0 aromatic heterocycles. The van der Waals surface area contributed by atoms with Crippen molar-refractivity contribution in [2.45, 2.75) is 47.0 Å². The zero-order chi connectivity index (χ0) is 13.1. The van der Waals surface area contributed by atoms with Crippen LogP contribution in [0.25, 0.3) is 0 Å². The molecule has 2 heteroatoms. The standard InChI is InChI=1S/C15H21FO/c1-11(10-14(16)17)7-8-13-12(2)6-5-9-15(13,3)4/h7-8,10H,5-6,9H2,1-4H3/b8-7+,11-10+. The van der Waals surface area contributed by atoms with Gasteiger partial charge in [-0.3, -0.25) is 4.79 Å². The summed E-state index contributed by atoms with van der Waals surface area (Å²) in [5.41, 5.74) is 3.55. The molecule has 1 nitrogen and oxygen atoms in total. The van der Waals surface area contributed by atoms with Crippen LogP contribution in [0.15, 0.2) is 34.9 Å². The number of halogens is 1. The maximum absolute atomic E-state index is 12.2. The average Bonchev–Trinajstić information content (AvgIpc) is 2.14. The van der Waals surface area contributed by atoms with Gasteiger partial charge in [-0.05, 0) is 49.7 Å². The van der Waals surface area contributed by atoms with Crippen molar-refractivity contribution in [3.05, 3.63) is 34.9 Å². The number of carbonyl (C=O) groups is 1. The minimum absolute atomic E-state index is 0.179. The molecule has 0 spiro atoms. The van der Waals surface area contributed by atoms with E-state index in [4.69, 9.17) is 0 Å². The molecule has 1 aliphatic rings. The first-order chi connectivity index (χ1) is 7.83. The van der Waals surface area contributed by atoms with Gasteiger partial charge in [-0.15, -0.1) is 0 Å². The average molecular weight is 236 g/mol. The Morgan fingerprint density at radius 2 is 2.06 bits per heavy atom. The van der Waals surface area contributed by atoms with Gasteiger partial charge in [0.15, 0.2) is 0 Å². The lowest BCUT2D eigenvalue weighted by molar-refractivity contribution is -0.124. The molecular formula is C15H21FO. The van der Waals surface area contributed by atoms with Crippen molar-refractivity contribution < 1.29 is 9.18 Å². The largest absolute Gasteiger partial charge is 0.325 e. The van der Waals surface area contributed by atoms with Crippen LogP contribution in [0.1, 0.15) is 47.0 Å². The summed E-state index contributed by atoms with van der Waals surface area (Å²) in [6.45, 7) is 8.35. The fourth-order valence-electron chi connectivity index (χ4n) is 2.45. The van der Waals surface area contributed by atoms with E-state index in [1.165, 1.54) is 24.0 Å². The first kappa shape index (κ1) is 13.9. The van der Waals surface area contributed by atoms with Gasteiger partial charge < -0.3 is 0 Å². The molecule has 0 atom stereocenters. The smallest absolute Gasteiger partial charge is 0.256 e. The maximum atomic E-state index is 12.2. The van der Waals surface area contributed by atoms with E-state index in [1.54, 1.807) is 6.92 Å². The van der Waals surface area contributed by atoms with Crippen LogP contribution in [-0.4, -0.2) is 6.04 Å². The van der Waals surface area contributed by atoms with Gasteiger partial charge in [-0.2, -0.15) is 4.39 Å². The van der Waals surface area contributed by atoms with Crippen LogP contribution in [0.5, 0.6) is 0 Å². The minimum Gasteiger partial charge on any atom is -0.256 e. The number of hydrogen-bond donors (Lipinski definition) is 0.